The molecular weight excluding hydrogens is 232 g/mol. The van der Waals surface area contributed by atoms with Crippen molar-refractivity contribution < 1.29 is 15.0 Å². The van der Waals surface area contributed by atoms with Crippen molar-refractivity contribution in [3.05, 3.63) is 30.0 Å². The summed E-state index contributed by atoms with van der Waals surface area (Å²) in [5, 5.41) is 18.8. The lowest BCUT2D eigenvalue weighted by Gasteiger charge is -2.21. The number of carboxylic acid groups (broad SMARTS) is 1. The van der Waals surface area contributed by atoms with Crippen molar-refractivity contribution in [2.45, 2.75) is 6.92 Å². The molecule has 96 valence electrons. The van der Waals surface area contributed by atoms with E-state index < -0.39 is 5.97 Å². The van der Waals surface area contributed by atoms with Crippen molar-refractivity contribution in [2.24, 2.45) is 0 Å². The fraction of sp³-hybridized carbons (Fsp3) is 0.308. The van der Waals surface area contributed by atoms with Gasteiger partial charge in [-0.05, 0) is 31.2 Å². The van der Waals surface area contributed by atoms with E-state index in [9.17, 15) is 4.79 Å². The van der Waals surface area contributed by atoms with Crippen molar-refractivity contribution in [1.82, 2.24) is 4.98 Å². The lowest BCUT2D eigenvalue weighted by molar-refractivity contribution is 0.0691. The number of carbonyl (C=O) groups is 1. The van der Waals surface area contributed by atoms with Crippen LogP contribution in [0.25, 0.3) is 10.9 Å². The normalized spacial score (nSPS) is 10.8. The van der Waals surface area contributed by atoms with Gasteiger partial charge in [0.1, 0.15) is 5.69 Å². The predicted molar refractivity (Wildman–Crippen MR) is 70.2 cm³/mol. The molecule has 3 N–H and O–H groups in total. The van der Waals surface area contributed by atoms with Crippen LogP contribution in [0.1, 0.15) is 17.4 Å². The summed E-state index contributed by atoms with van der Waals surface area (Å²) in [7, 11) is 0. The van der Waals surface area contributed by atoms with Gasteiger partial charge in [0.25, 0.3) is 0 Å². The van der Waals surface area contributed by atoms with Crippen molar-refractivity contribution in [3.8, 4) is 0 Å². The molecule has 0 aliphatic heterocycles. The van der Waals surface area contributed by atoms with Crippen LogP contribution in [0.2, 0.25) is 0 Å². The van der Waals surface area contributed by atoms with Gasteiger partial charge < -0.3 is 20.1 Å². The van der Waals surface area contributed by atoms with Gasteiger partial charge in [0.2, 0.25) is 0 Å². The Labute approximate surface area is 105 Å². The van der Waals surface area contributed by atoms with Gasteiger partial charge in [-0.2, -0.15) is 0 Å². The summed E-state index contributed by atoms with van der Waals surface area (Å²) in [5.74, 6) is -0.963. The number of hydrogen-bond donors (Lipinski definition) is 3. The third-order valence-corrected chi connectivity index (χ3v) is 2.95. The number of H-pyrrole nitrogens is 1. The van der Waals surface area contributed by atoms with E-state index in [0.29, 0.717) is 6.54 Å². The zero-order valence-corrected chi connectivity index (χ0v) is 10.2. The first-order valence-corrected chi connectivity index (χ1v) is 5.87. The molecule has 0 saturated carbocycles. The maximum atomic E-state index is 10.9. The van der Waals surface area contributed by atoms with Gasteiger partial charge in [0.05, 0.1) is 6.61 Å². The quantitative estimate of drug-likeness (QED) is 0.752. The van der Waals surface area contributed by atoms with E-state index in [1.807, 2.05) is 30.0 Å². The van der Waals surface area contributed by atoms with Crippen LogP contribution in [0.4, 0.5) is 5.69 Å². The highest BCUT2D eigenvalue weighted by atomic mass is 16.4. The minimum atomic E-state index is -0.963. The SMILES string of the molecule is CCN(CCO)c1ccc2[nH]c(C(=O)O)cc2c1. The molecule has 1 aromatic carbocycles. The third kappa shape index (κ3) is 2.31. The van der Waals surface area contributed by atoms with Gasteiger partial charge in [0.15, 0.2) is 0 Å². The van der Waals surface area contributed by atoms with E-state index in [1.165, 1.54) is 0 Å². The number of fused-ring (bicyclic) bond motifs is 1. The van der Waals surface area contributed by atoms with Crippen LogP contribution in [0.3, 0.4) is 0 Å². The van der Waals surface area contributed by atoms with Crippen LogP contribution < -0.4 is 4.90 Å². The van der Waals surface area contributed by atoms with Crippen molar-refractivity contribution >= 4 is 22.6 Å². The number of aromatic amines is 1. The second kappa shape index (κ2) is 5.10. The summed E-state index contributed by atoms with van der Waals surface area (Å²) in [4.78, 5) is 15.8. The van der Waals surface area contributed by atoms with Crippen molar-refractivity contribution in [2.75, 3.05) is 24.6 Å². The molecule has 0 spiro atoms. The van der Waals surface area contributed by atoms with Gasteiger partial charge >= 0.3 is 5.97 Å². The second-order valence-electron chi connectivity index (χ2n) is 4.06. The third-order valence-electron chi connectivity index (χ3n) is 2.95. The molecule has 1 aromatic heterocycles. The fourth-order valence-electron chi connectivity index (χ4n) is 2.02. The Balaban J connectivity index is 2.39. The molecule has 2 aromatic rings. The van der Waals surface area contributed by atoms with Crippen LogP contribution in [0.5, 0.6) is 0 Å². The number of carboxylic acids is 1. The van der Waals surface area contributed by atoms with E-state index in [1.54, 1.807) is 6.07 Å². The Hall–Kier alpha value is -2.01. The molecular formula is C13H16N2O3. The van der Waals surface area contributed by atoms with Crippen molar-refractivity contribution in [1.29, 1.82) is 0 Å². The molecule has 0 atom stereocenters. The number of aliphatic hydroxyl groups is 1. The molecule has 0 aliphatic rings. The van der Waals surface area contributed by atoms with E-state index in [4.69, 9.17) is 10.2 Å². The minimum Gasteiger partial charge on any atom is -0.477 e. The summed E-state index contributed by atoms with van der Waals surface area (Å²) in [6.45, 7) is 3.47. The van der Waals surface area contributed by atoms with E-state index in [2.05, 4.69) is 4.98 Å². The summed E-state index contributed by atoms with van der Waals surface area (Å²) in [6, 6.07) is 7.33. The molecule has 0 bridgehead atoms. The summed E-state index contributed by atoms with van der Waals surface area (Å²) >= 11 is 0. The topological polar surface area (TPSA) is 76.6 Å². The molecule has 18 heavy (non-hydrogen) atoms. The lowest BCUT2D eigenvalue weighted by atomic mass is 10.2. The highest BCUT2D eigenvalue weighted by Gasteiger charge is 2.09. The van der Waals surface area contributed by atoms with Crippen LogP contribution in [0, 0.1) is 0 Å². The molecule has 0 amide bonds. The first-order chi connectivity index (χ1) is 8.65. The van der Waals surface area contributed by atoms with Gasteiger partial charge in [-0.15, -0.1) is 0 Å². The van der Waals surface area contributed by atoms with E-state index in [-0.39, 0.29) is 12.3 Å². The number of aliphatic hydroxyl groups excluding tert-OH is 1. The van der Waals surface area contributed by atoms with E-state index >= 15 is 0 Å². The maximum Gasteiger partial charge on any atom is 0.352 e. The number of benzene rings is 1. The molecule has 2 rings (SSSR count). The average molecular weight is 248 g/mol. The first-order valence-electron chi connectivity index (χ1n) is 5.87. The smallest absolute Gasteiger partial charge is 0.352 e. The molecule has 0 aliphatic carbocycles. The Morgan fingerprint density at radius 1 is 1.39 bits per heavy atom. The molecule has 5 heteroatoms. The highest BCUT2D eigenvalue weighted by molar-refractivity contribution is 5.94. The number of hydrogen-bond acceptors (Lipinski definition) is 3. The molecule has 0 fully saturated rings. The molecule has 5 nitrogen and oxygen atoms in total. The Morgan fingerprint density at radius 3 is 2.78 bits per heavy atom. The first kappa shape index (κ1) is 12.4. The summed E-state index contributed by atoms with van der Waals surface area (Å²) in [5.41, 5.74) is 1.97. The van der Waals surface area contributed by atoms with Crippen LogP contribution in [0.15, 0.2) is 24.3 Å². The zero-order chi connectivity index (χ0) is 13.1. The number of likely N-dealkylation sites (N-methyl/N-ethyl adjacent to an activating group) is 1. The Bertz CT molecular complexity index is 562. The molecule has 0 radical (unpaired) electrons. The molecule has 0 saturated heterocycles. The Kier molecular flexibility index (Phi) is 3.53. The molecule has 1 heterocycles. The van der Waals surface area contributed by atoms with Crippen LogP contribution >= 0.6 is 0 Å². The average Bonchev–Trinajstić information content (AvgIpc) is 2.78. The number of nitrogens with one attached hydrogen (secondary N) is 1. The number of rotatable bonds is 5. The number of anilines is 1. The van der Waals surface area contributed by atoms with Crippen LogP contribution in [-0.2, 0) is 0 Å². The van der Waals surface area contributed by atoms with Gasteiger partial charge in [-0.25, -0.2) is 4.79 Å². The lowest BCUT2D eigenvalue weighted by Crippen LogP contribution is -2.25. The van der Waals surface area contributed by atoms with Gasteiger partial charge in [-0.3, -0.25) is 0 Å². The summed E-state index contributed by atoms with van der Waals surface area (Å²) in [6.07, 6.45) is 0. The summed E-state index contributed by atoms with van der Waals surface area (Å²) < 4.78 is 0. The largest absolute Gasteiger partial charge is 0.477 e. The highest BCUT2D eigenvalue weighted by Crippen LogP contribution is 2.22. The van der Waals surface area contributed by atoms with Crippen LogP contribution in [-0.4, -0.2) is 40.9 Å². The molecule has 0 unspecified atom stereocenters. The number of aromatic nitrogens is 1. The maximum absolute atomic E-state index is 10.9. The van der Waals surface area contributed by atoms with Gasteiger partial charge in [0, 0.05) is 29.7 Å². The number of aromatic carboxylic acids is 1. The monoisotopic (exact) mass is 248 g/mol. The minimum absolute atomic E-state index is 0.0966. The van der Waals surface area contributed by atoms with Crippen molar-refractivity contribution in [3.63, 3.8) is 0 Å². The van der Waals surface area contributed by atoms with Gasteiger partial charge in [-0.1, -0.05) is 0 Å². The van der Waals surface area contributed by atoms with E-state index in [0.717, 1.165) is 23.1 Å². The Morgan fingerprint density at radius 2 is 2.17 bits per heavy atom. The standard InChI is InChI=1S/C13H16N2O3/c1-2-15(5-6-16)10-3-4-11-9(7-10)8-12(14-11)13(17)18/h3-4,7-8,14,16H,2,5-6H2,1H3,(H,17,18). The fourth-order valence-corrected chi connectivity index (χ4v) is 2.02. The zero-order valence-electron chi connectivity index (χ0n) is 10.2. The number of nitrogens with zero attached hydrogens (tertiary/aromatic N) is 1. The second-order valence-corrected chi connectivity index (χ2v) is 4.06. The predicted octanol–water partition coefficient (Wildman–Crippen LogP) is 1.68.